The number of halogens is 2. The van der Waals surface area contributed by atoms with Crippen LogP contribution in [0.25, 0.3) is 0 Å². The first-order valence-electron chi connectivity index (χ1n) is 5.17. The highest BCUT2D eigenvalue weighted by atomic mass is 19.2. The Balaban J connectivity index is 2.48. The second kappa shape index (κ2) is 4.22. The molecule has 0 amide bonds. The Morgan fingerprint density at radius 2 is 1.65 bits per heavy atom. The van der Waals surface area contributed by atoms with Crippen LogP contribution in [-0.2, 0) is 5.54 Å². The van der Waals surface area contributed by atoms with Crippen molar-refractivity contribution in [3.8, 4) is 0 Å². The highest BCUT2D eigenvalue weighted by Crippen LogP contribution is 2.26. The van der Waals surface area contributed by atoms with Crippen LogP contribution in [0, 0.1) is 11.6 Å². The van der Waals surface area contributed by atoms with Crippen molar-refractivity contribution in [2.45, 2.75) is 12.5 Å². The summed E-state index contributed by atoms with van der Waals surface area (Å²) in [5.74, 6) is -1.77. The van der Waals surface area contributed by atoms with Crippen molar-refractivity contribution in [2.24, 2.45) is 5.73 Å². The molecule has 4 heteroatoms. The zero-order chi connectivity index (χ0) is 12.5. The highest BCUT2D eigenvalue weighted by Gasteiger charge is 2.24. The number of nitrogens with zero attached hydrogens (tertiary/aromatic N) is 1. The third kappa shape index (κ3) is 2.17. The van der Waals surface area contributed by atoms with Crippen LogP contribution in [0.4, 0.5) is 8.78 Å². The largest absolute Gasteiger partial charge is 0.318 e. The lowest BCUT2D eigenvalue weighted by atomic mass is 9.86. The molecule has 1 aromatic carbocycles. The maximum absolute atomic E-state index is 13.2. The Labute approximate surface area is 98.1 Å². The third-order valence-electron chi connectivity index (χ3n) is 2.80. The van der Waals surface area contributed by atoms with E-state index in [2.05, 4.69) is 4.98 Å². The van der Waals surface area contributed by atoms with E-state index in [0.29, 0.717) is 5.56 Å². The molecule has 17 heavy (non-hydrogen) atoms. The Hall–Kier alpha value is -1.81. The minimum Gasteiger partial charge on any atom is -0.318 e. The van der Waals surface area contributed by atoms with Crippen molar-refractivity contribution in [3.63, 3.8) is 0 Å². The Morgan fingerprint density at radius 3 is 2.24 bits per heavy atom. The fourth-order valence-corrected chi connectivity index (χ4v) is 1.68. The van der Waals surface area contributed by atoms with Gasteiger partial charge in [-0.3, -0.25) is 4.98 Å². The van der Waals surface area contributed by atoms with Gasteiger partial charge in [-0.1, -0.05) is 6.07 Å². The fraction of sp³-hybridized carbons (Fsp3) is 0.154. The monoisotopic (exact) mass is 234 g/mol. The third-order valence-corrected chi connectivity index (χ3v) is 2.80. The van der Waals surface area contributed by atoms with Gasteiger partial charge in [0.2, 0.25) is 0 Å². The molecule has 0 bridgehead atoms. The van der Waals surface area contributed by atoms with E-state index in [0.717, 1.165) is 17.7 Å². The lowest BCUT2D eigenvalue weighted by molar-refractivity contribution is 0.500. The summed E-state index contributed by atoms with van der Waals surface area (Å²) in [6, 6.07) is 7.19. The predicted octanol–water partition coefficient (Wildman–Crippen LogP) is 2.58. The second-order valence-corrected chi connectivity index (χ2v) is 4.07. The van der Waals surface area contributed by atoms with E-state index >= 15 is 0 Å². The summed E-state index contributed by atoms with van der Waals surface area (Å²) in [4.78, 5) is 3.89. The van der Waals surface area contributed by atoms with Gasteiger partial charge >= 0.3 is 0 Å². The van der Waals surface area contributed by atoms with Crippen LogP contribution in [0.3, 0.4) is 0 Å². The van der Waals surface area contributed by atoms with Gasteiger partial charge in [0, 0.05) is 12.4 Å². The van der Waals surface area contributed by atoms with Gasteiger partial charge in [0.15, 0.2) is 11.6 Å². The van der Waals surface area contributed by atoms with E-state index < -0.39 is 17.2 Å². The molecule has 1 heterocycles. The fourth-order valence-electron chi connectivity index (χ4n) is 1.68. The number of pyridine rings is 1. The Kier molecular flexibility index (Phi) is 2.90. The number of nitrogens with two attached hydrogens (primary N) is 1. The van der Waals surface area contributed by atoms with E-state index in [1.165, 1.54) is 6.07 Å². The summed E-state index contributed by atoms with van der Waals surface area (Å²) in [5.41, 5.74) is 6.59. The van der Waals surface area contributed by atoms with Crippen molar-refractivity contribution < 1.29 is 8.78 Å². The molecule has 2 aromatic rings. The van der Waals surface area contributed by atoms with Gasteiger partial charge in [0.1, 0.15) is 0 Å². The molecular weight excluding hydrogens is 222 g/mol. The summed E-state index contributed by atoms with van der Waals surface area (Å²) in [6.07, 6.45) is 3.22. The average molecular weight is 234 g/mol. The summed E-state index contributed by atoms with van der Waals surface area (Å²) >= 11 is 0. The number of benzene rings is 1. The lowest BCUT2D eigenvalue weighted by Crippen LogP contribution is -2.34. The van der Waals surface area contributed by atoms with E-state index in [-0.39, 0.29) is 0 Å². The van der Waals surface area contributed by atoms with Crippen LogP contribution in [0.1, 0.15) is 18.1 Å². The molecule has 0 aliphatic rings. The molecule has 1 atom stereocenters. The average Bonchev–Trinajstić information content (AvgIpc) is 2.33. The van der Waals surface area contributed by atoms with Crippen LogP contribution in [0.2, 0.25) is 0 Å². The molecule has 0 fully saturated rings. The summed E-state index contributed by atoms with van der Waals surface area (Å²) in [5, 5.41) is 0. The number of hydrogen-bond donors (Lipinski definition) is 1. The van der Waals surface area contributed by atoms with Gasteiger partial charge in [-0.15, -0.1) is 0 Å². The molecule has 0 aliphatic carbocycles. The van der Waals surface area contributed by atoms with Crippen molar-refractivity contribution in [2.75, 3.05) is 0 Å². The molecule has 0 saturated carbocycles. The molecule has 2 rings (SSSR count). The van der Waals surface area contributed by atoms with Gasteiger partial charge < -0.3 is 5.73 Å². The topological polar surface area (TPSA) is 38.9 Å². The van der Waals surface area contributed by atoms with E-state index in [4.69, 9.17) is 5.73 Å². The summed E-state index contributed by atoms with van der Waals surface area (Å²) in [6.45, 7) is 1.75. The first-order valence-corrected chi connectivity index (χ1v) is 5.17. The SMILES string of the molecule is CC(N)(c1ccncc1)c1ccc(F)c(F)c1. The van der Waals surface area contributed by atoms with E-state index in [9.17, 15) is 8.78 Å². The molecule has 0 aliphatic heterocycles. The summed E-state index contributed by atoms with van der Waals surface area (Å²) < 4.78 is 26.0. The maximum atomic E-state index is 13.2. The zero-order valence-corrected chi connectivity index (χ0v) is 9.32. The number of rotatable bonds is 2. The van der Waals surface area contributed by atoms with Gasteiger partial charge in [-0.05, 0) is 42.3 Å². The maximum Gasteiger partial charge on any atom is 0.159 e. The predicted molar refractivity (Wildman–Crippen MR) is 61.2 cm³/mol. The molecule has 2 N–H and O–H groups in total. The molecule has 0 spiro atoms. The molecule has 0 radical (unpaired) electrons. The Morgan fingerprint density at radius 1 is 1.00 bits per heavy atom. The second-order valence-electron chi connectivity index (χ2n) is 4.07. The van der Waals surface area contributed by atoms with Crippen LogP contribution in [0.5, 0.6) is 0 Å². The highest BCUT2D eigenvalue weighted by molar-refractivity contribution is 5.36. The molecular formula is C13H12F2N2. The first-order chi connectivity index (χ1) is 8.01. The smallest absolute Gasteiger partial charge is 0.159 e. The van der Waals surface area contributed by atoms with Crippen molar-refractivity contribution in [3.05, 3.63) is 65.5 Å². The minimum atomic E-state index is -0.895. The van der Waals surface area contributed by atoms with Crippen molar-refractivity contribution in [1.29, 1.82) is 0 Å². The van der Waals surface area contributed by atoms with E-state index in [1.54, 1.807) is 31.5 Å². The molecule has 2 nitrogen and oxygen atoms in total. The lowest BCUT2D eigenvalue weighted by Gasteiger charge is -2.25. The molecule has 0 saturated heterocycles. The first kappa shape index (κ1) is 11.7. The molecule has 88 valence electrons. The Bertz CT molecular complexity index is 524. The van der Waals surface area contributed by atoms with Crippen LogP contribution in [-0.4, -0.2) is 4.98 Å². The minimum absolute atomic E-state index is 0.516. The van der Waals surface area contributed by atoms with Crippen LogP contribution >= 0.6 is 0 Å². The normalized spacial score (nSPS) is 14.4. The van der Waals surface area contributed by atoms with Crippen LogP contribution < -0.4 is 5.73 Å². The summed E-state index contributed by atoms with van der Waals surface area (Å²) in [7, 11) is 0. The number of hydrogen-bond acceptors (Lipinski definition) is 2. The van der Waals surface area contributed by atoms with Crippen molar-refractivity contribution in [1.82, 2.24) is 4.98 Å². The van der Waals surface area contributed by atoms with Gasteiger partial charge in [0.25, 0.3) is 0 Å². The van der Waals surface area contributed by atoms with Gasteiger partial charge in [-0.25, -0.2) is 8.78 Å². The quantitative estimate of drug-likeness (QED) is 0.867. The van der Waals surface area contributed by atoms with Gasteiger partial charge in [0.05, 0.1) is 5.54 Å². The van der Waals surface area contributed by atoms with Crippen molar-refractivity contribution >= 4 is 0 Å². The molecule has 1 aromatic heterocycles. The standard InChI is InChI=1S/C13H12F2N2/c1-13(16,9-4-6-17-7-5-9)10-2-3-11(14)12(15)8-10/h2-8H,16H2,1H3. The number of aromatic nitrogens is 1. The van der Waals surface area contributed by atoms with E-state index in [1.807, 2.05) is 0 Å². The zero-order valence-electron chi connectivity index (χ0n) is 9.32. The van der Waals surface area contributed by atoms with Crippen LogP contribution in [0.15, 0.2) is 42.7 Å². The molecule has 1 unspecified atom stereocenters. The van der Waals surface area contributed by atoms with Gasteiger partial charge in [-0.2, -0.15) is 0 Å².